The van der Waals surface area contributed by atoms with Crippen molar-refractivity contribution in [1.82, 2.24) is 20.6 Å². The zero-order valence-electron chi connectivity index (χ0n) is 12.4. The molecule has 24 heavy (non-hydrogen) atoms. The SMILES string of the molecule is O=C(CCNS(=O)(=O)c1ccc(Cl)cc1)NNC(=O)c1ccc[nH]1. The molecule has 0 aliphatic heterocycles. The Morgan fingerprint density at radius 2 is 1.79 bits per heavy atom. The largest absolute Gasteiger partial charge is 0.357 e. The Labute approximate surface area is 143 Å². The van der Waals surface area contributed by atoms with Crippen LogP contribution in [0.25, 0.3) is 0 Å². The minimum atomic E-state index is -3.72. The average Bonchev–Trinajstić information content (AvgIpc) is 3.07. The number of hydrogen-bond donors (Lipinski definition) is 4. The molecule has 10 heteroatoms. The van der Waals surface area contributed by atoms with Gasteiger partial charge in [0.05, 0.1) is 4.90 Å². The van der Waals surface area contributed by atoms with Crippen LogP contribution in [0.15, 0.2) is 47.5 Å². The van der Waals surface area contributed by atoms with Crippen LogP contribution < -0.4 is 15.6 Å². The van der Waals surface area contributed by atoms with Crippen LogP contribution in [0.3, 0.4) is 0 Å². The van der Waals surface area contributed by atoms with E-state index in [2.05, 4.69) is 20.6 Å². The quantitative estimate of drug-likeness (QED) is 0.562. The van der Waals surface area contributed by atoms with E-state index in [-0.39, 0.29) is 17.9 Å². The summed E-state index contributed by atoms with van der Waals surface area (Å²) in [6.07, 6.45) is 1.43. The Balaban J connectivity index is 1.76. The van der Waals surface area contributed by atoms with E-state index >= 15 is 0 Å². The first-order valence-corrected chi connectivity index (χ1v) is 8.72. The minimum absolute atomic E-state index is 0.0485. The predicted molar refractivity (Wildman–Crippen MR) is 87.7 cm³/mol. The lowest BCUT2D eigenvalue weighted by Crippen LogP contribution is -2.42. The molecule has 0 bridgehead atoms. The average molecular weight is 371 g/mol. The molecule has 0 aliphatic rings. The van der Waals surface area contributed by atoms with Gasteiger partial charge in [-0.05, 0) is 36.4 Å². The molecule has 4 N–H and O–H groups in total. The lowest BCUT2D eigenvalue weighted by Gasteiger charge is -2.08. The summed E-state index contributed by atoms with van der Waals surface area (Å²) in [5.74, 6) is -1.04. The molecule has 0 unspecified atom stereocenters. The molecule has 0 saturated heterocycles. The molecule has 8 nitrogen and oxygen atoms in total. The minimum Gasteiger partial charge on any atom is -0.357 e. The van der Waals surface area contributed by atoms with Gasteiger partial charge in [0, 0.05) is 24.2 Å². The number of benzene rings is 1. The highest BCUT2D eigenvalue weighted by Crippen LogP contribution is 2.13. The van der Waals surface area contributed by atoms with Crippen LogP contribution in [-0.2, 0) is 14.8 Å². The van der Waals surface area contributed by atoms with Crippen molar-refractivity contribution >= 4 is 33.4 Å². The topological polar surface area (TPSA) is 120 Å². The number of nitrogens with one attached hydrogen (secondary N) is 4. The van der Waals surface area contributed by atoms with Gasteiger partial charge in [-0.15, -0.1) is 0 Å². The highest BCUT2D eigenvalue weighted by molar-refractivity contribution is 7.89. The van der Waals surface area contributed by atoms with Crippen molar-refractivity contribution in [3.05, 3.63) is 53.3 Å². The van der Waals surface area contributed by atoms with Gasteiger partial charge in [0.1, 0.15) is 5.69 Å². The van der Waals surface area contributed by atoms with Crippen LogP contribution >= 0.6 is 11.6 Å². The molecule has 0 fully saturated rings. The summed E-state index contributed by atoms with van der Waals surface area (Å²) in [6, 6.07) is 8.82. The van der Waals surface area contributed by atoms with Crippen molar-refractivity contribution in [2.45, 2.75) is 11.3 Å². The first-order valence-electron chi connectivity index (χ1n) is 6.86. The van der Waals surface area contributed by atoms with E-state index in [1.807, 2.05) is 0 Å². The number of carbonyl (C=O) groups is 2. The van der Waals surface area contributed by atoms with E-state index in [9.17, 15) is 18.0 Å². The normalized spacial score (nSPS) is 11.0. The summed E-state index contributed by atoms with van der Waals surface area (Å²) in [5.41, 5.74) is 4.69. The van der Waals surface area contributed by atoms with Crippen molar-refractivity contribution in [2.75, 3.05) is 6.54 Å². The maximum Gasteiger partial charge on any atom is 0.286 e. The molecule has 1 aromatic carbocycles. The number of halogens is 1. The van der Waals surface area contributed by atoms with Crippen LogP contribution in [-0.4, -0.2) is 31.8 Å². The molecule has 0 saturated carbocycles. The Morgan fingerprint density at radius 3 is 2.42 bits per heavy atom. The van der Waals surface area contributed by atoms with Crippen molar-refractivity contribution in [2.24, 2.45) is 0 Å². The lowest BCUT2D eigenvalue weighted by molar-refractivity contribution is -0.121. The summed E-state index contributed by atoms with van der Waals surface area (Å²) in [4.78, 5) is 25.9. The summed E-state index contributed by atoms with van der Waals surface area (Å²) < 4.78 is 26.3. The van der Waals surface area contributed by atoms with Crippen LogP contribution in [0.1, 0.15) is 16.9 Å². The summed E-state index contributed by atoms with van der Waals surface area (Å²) in [5, 5.41) is 0.422. The van der Waals surface area contributed by atoms with Crippen molar-refractivity contribution < 1.29 is 18.0 Å². The lowest BCUT2D eigenvalue weighted by atomic mass is 10.4. The number of sulfonamides is 1. The van der Waals surface area contributed by atoms with Gasteiger partial charge in [0.15, 0.2) is 0 Å². The number of aromatic amines is 1. The fraction of sp³-hybridized carbons (Fsp3) is 0.143. The number of hydrazine groups is 1. The Kier molecular flexibility index (Phi) is 5.96. The Hall–Kier alpha value is -2.36. The molecule has 1 aromatic heterocycles. The van der Waals surface area contributed by atoms with E-state index in [0.29, 0.717) is 10.7 Å². The summed E-state index contributed by atoms with van der Waals surface area (Å²) >= 11 is 5.70. The molecule has 2 aromatic rings. The van der Waals surface area contributed by atoms with Crippen LogP contribution in [0, 0.1) is 0 Å². The maximum absolute atomic E-state index is 12.0. The summed E-state index contributed by atoms with van der Waals surface area (Å²) in [6.45, 7) is -0.116. The first kappa shape index (κ1) is 18.0. The van der Waals surface area contributed by atoms with Gasteiger partial charge in [0.2, 0.25) is 15.9 Å². The van der Waals surface area contributed by atoms with E-state index in [1.54, 1.807) is 18.3 Å². The molecule has 0 spiro atoms. The maximum atomic E-state index is 12.0. The monoisotopic (exact) mass is 370 g/mol. The van der Waals surface area contributed by atoms with Crippen molar-refractivity contribution in [3.8, 4) is 0 Å². The molecular weight excluding hydrogens is 356 g/mol. The van der Waals surface area contributed by atoms with E-state index in [1.165, 1.54) is 24.3 Å². The molecule has 0 aliphatic carbocycles. The van der Waals surface area contributed by atoms with E-state index in [0.717, 1.165) is 0 Å². The van der Waals surface area contributed by atoms with Gasteiger partial charge in [0.25, 0.3) is 5.91 Å². The first-order chi connectivity index (χ1) is 11.4. The van der Waals surface area contributed by atoms with Crippen LogP contribution in [0.4, 0.5) is 0 Å². The van der Waals surface area contributed by atoms with Gasteiger partial charge in [-0.2, -0.15) is 0 Å². The third-order valence-corrected chi connectivity index (χ3v) is 4.66. The van der Waals surface area contributed by atoms with Crippen molar-refractivity contribution in [1.29, 1.82) is 0 Å². The molecule has 0 atom stereocenters. The fourth-order valence-corrected chi connectivity index (χ4v) is 2.88. The number of amides is 2. The number of hydrogen-bond acceptors (Lipinski definition) is 4. The van der Waals surface area contributed by atoms with Gasteiger partial charge < -0.3 is 4.98 Å². The zero-order valence-corrected chi connectivity index (χ0v) is 13.9. The predicted octanol–water partition coefficient (Wildman–Crippen LogP) is 0.798. The number of H-pyrrole nitrogens is 1. The van der Waals surface area contributed by atoms with Gasteiger partial charge in [-0.1, -0.05) is 11.6 Å². The molecular formula is C14H15ClN4O4S. The van der Waals surface area contributed by atoms with Gasteiger partial charge in [-0.3, -0.25) is 20.4 Å². The highest BCUT2D eigenvalue weighted by atomic mass is 35.5. The summed E-state index contributed by atoms with van der Waals surface area (Å²) in [7, 11) is -3.72. The Bertz CT molecular complexity index is 804. The van der Waals surface area contributed by atoms with Gasteiger partial charge in [-0.25, -0.2) is 13.1 Å². The number of rotatable bonds is 6. The Morgan fingerprint density at radius 1 is 1.08 bits per heavy atom. The highest BCUT2D eigenvalue weighted by Gasteiger charge is 2.14. The number of carbonyl (C=O) groups excluding carboxylic acids is 2. The smallest absolute Gasteiger partial charge is 0.286 e. The third-order valence-electron chi connectivity index (χ3n) is 2.93. The second-order valence-corrected chi connectivity index (χ2v) is 6.89. The van der Waals surface area contributed by atoms with Crippen molar-refractivity contribution in [3.63, 3.8) is 0 Å². The standard InChI is InChI=1S/C14H15ClN4O4S/c15-10-3-5-11(6-4-10)24(22,23)17-9-7-13(20)18-19-14(21)12-2-1-8-16-12/h1-6,8,16-17H,7,9H2,(H,18,20)(H,19,21). The second-order valence-electron chi connectivity index (χ2n) is 4.69. The van der Waals surface area contributed by atoms with Crippen LogP contribution in [0.5, 0.6) is 0 Å². The molecule has 0 radical (unpaired) electrons. The third kappa shape index (κ3) is 5.08. The molecule has 1 heterocycles. The van der Waals surface area contributed by atoms with Crippen LogP contribution in [0.2, 0.25) is 5.02 Å². The van der Waals surface area contributed by atoms with E-state index < -0.39 is 21.8 Å². The zero-order chi connectivity index (χ0) is 17.6. The second kappa shape index (κ2) is 7.95. The molecule has 128 valence electrons. The molecule has 2 amide bonds. The fourth-order valence-electron chi connectivity index (χ4n) is 1.72. The van der Waals surface area contributed by atoms with Gasteiger partial charge >= 0.3 is 0 Å². The van der Waals surface area contributed by atoms with E-state index in [4.69, 9.17) is 11.6 Å². The number of aromatic nitrogens is 1. The molecule has 2 rings (SSSR count).